The third kappa shape index (κ3) is 5.77. The van der Waals surface area contributed by atoms with E-state index in [0.717, 1.165) is 0 Å². The highest BCUT2D eigenvalue weighted by molar-refractivity contribution is 6.02. The molecule has 0 bridgehead atoms. The predicted molar refractivity (Wildman–Crippen MR) is 107 cm³/mol. The summed E-state index contributed by atoms with van der Waals surface area (Å²) in [7, 11) is 0. The molecular weight excluding hydrogens is 373 g/mol. The van der Waals surface area contributed by atoms with Gasteiger partial charge in [-0.3, -0.25) is 4.79 Å². The minimum absolute atomic E-state index is 0.209. The summed E-state index contributed by atoms with van der Waals surface area (Å²) in [4.78, 5) is 23.7. The number of carbonyl (C=O) groups is 2. The van der Waals surface area contributed by atoms with Gasteiger partial charge in [0.1, 0.15) is 23.9 Å². The molecule has 29 heavy (non-hydrogen) atoms. The van der Waals surface area contributed by atoms with Gasteiger partial charge < -0.3 is 15.2 Å². The fraction of sp³-hybridized carbons (Fsp3) is 0.0435. The van der Waals surface area contributed by atoms with Crippen molar-refractivity contribution in [3.8, 4) is 5.75 Å². The second-order valence-corrected chi connectivity index (χ2v) is 6.17. The molecule has 0 spiro atoms. The van der Waals surface area contributed by atoms with Gasteiger partial charge in [0.2, 0.25) is 0 Å². The monoisotopic (exact) mass is 391 g/mol. The van der Waals surface area contributed by atoms with E-state index in [1.165, 1.54) is 18.2 Å². The Morgan fingerprint density at radius 2 is 1.69 bits per heavy atom. The number of amides is 1. The molecule has 0 aliphatic heterocycles. The van der Waals surface area contributed by atoms with Crippen LogP contribution >= 0.6 is 0 Å². The zero-order chi connectivity index (χ0) is 20.6. The van der Waals surface area contributed by atoms with E-state index in [1.54, 1.807) is 66.7 Å². The van der Waals surface area contributed by atoms with Gasteiger partial charge in [-0.15, -0.1) is 0 Å². The molecule has 0 radical (unpaired) electrons. The van der Waals surface area contributed by atoms with Gasteiger partial charge in [-0.05, 0) is 53.6 Å². The number of hydrogen-bond donors (Lipinski definition) is 2. The van der Waals surface area contributed by atoms with Crippen LogP contribution in [-0.4, -0.2) is 17.0 Å². The second-order valence-electron chi connectivity index (χ2n) is 6.17. The van der Waals surface area contributed by atoms with E-state index in [9.17, 15) is 19.1 Å². The van der Waals surface area contributed by atoms with Crippen LogP contribution in [0.5, 0.6) is 5.75 Å². The van der Waals surface area contributed by atoms with E-state index in [4.69, 9.17) is 4.74 Å². The van der Waals surface area contributed by atoms with Gasteiger partial charge in [-0.25, -0.2) is 9.18 Å². The summed E-state index contributed by atoms with van der Waals surface area (Å²) < 4.78 is 18.8. The molecule has 0 heterocycles. The largest absolute Gasteiger partial charge is 0.489 e. The Morgan fingerprint density at radius 1 is 0.966 bits per heavy atom. The highest BCUT2D eigenvalue weighted by Crippen LogP contribution is 2.16. The number of aliphatic carboxylic acids is 1. The number of benzene rings is 3. The number of carbonyl (C=O) groups excluding carboxylic acids is 1. The summed E-state index contributed by atoms with van der Waals surface area (Å²) in [6.07, 6.45) is 1.36. The lowest BCUT2D eigenvalue weighted by Gasteiger charge is -2.08. The zero-order valence-corrected chi connectivity index (χ0v) is 15.3. The topological polar surface area (TPSA) is 75.6 Å². The van der Waals surface area contributed by atoms with Crippen molar-refractivity contribution < 1.29 is 23.8 Å². The highest BCUT2D eigenvalue weighted by atomic mass is 19.1. The molecule has 1 amide bonds. The smallest absolute Gasteiger partial charge is 0.352 e. The summed E-state index contributed by atoms with van der Waals surface area (Å²) >= 11 is 0. The molecule has 0 aliphatic carbocycles. The molecule has 5 nitrogen and oxygen atoms in total. The number of carboxylic acids is 1. The summed E-state index contributed by atoms with van der Waals surface area (Å²) in [5, 5.41) is 11.8. The average Bonchev–Trinajstić information content (AvgIpc) is 2.73. The Balaban J connectivity index is 1.67. The van der Waals surface area contributed by atoms with Crippen molar-refractivity contribution in [2.75, 3.05) is 0 Å². The van der Waals surface area contributed by atoms with Crippen LogP contribution in [-0.2, 0) is 11.4 Å². The molecule has 0 saturated carbocycles. The maximum absolute atomic E-state index is 13.2. The van der Waals surface area contributed by atoms with E-state index in [1.807, 2.05) is 0 Å². The number of carboxylic acid groups (broad SMARTS) is 1. The van der Waals surface area contributed by atoms with Crippen LogP contribution in [0.4, 0.5) is 4.39 Å². The molecule has 146 valence electrons. The minimum atomic E-state index is -1.25. The summed E-state index contributed by atoms with van der Waals surface area (Å²) in [6, 6.07) is 21.1. The maximum atomic E-state index is 13.2. The molecule has 0 fully saturated rings. The first-order chi connectivity index (χ1) is 14.0. The first-order valence-corrected chi connectivity index (χ1v) is 8.80. The molecule has 6 heteroatoms. The van der Waals surface area contributed by atoms with Crippen molar-refractivity contribution in [3.05, 3.63) is 107 Å². The number of hydrogen-bond acceptors (Lipinski definition) is 3. The standard InChI is InChI=1S/C23H18FNO4/c24-19-8-4-5-17(13-19)15-29-20-11-9-16(10-12-20)14-21(23(27)28)25-22(26)18-6-2-1-3-7-18/h1-14H,15H2,(H,25,26)(H,27,28)/b21-14+. The van der Waals surface area contributed by atoms with E-state index in [-0.39, 0.29) is 18.1 Å². The van der Waals surface area contributed by atoms with E-state index < -0.39 is 11.9 Å². The number of halogens is 1. The van der Waals surface area contributed by atoms with Crippen LogP contribution in [0.2, 0.25) is 0 Å². The van der Waals surface area contributed by atoms with Gasteiger partial charge in [0.25, 0.3) is 5.91 Å². The second kappa shape index (κ2) is 9.32. The predicted octanol–water partition coefficient (Wildman–Crippen LogP) is 4.26. The maximum Gasteiger partial charge on any atom is 0.352 e. The van der Waals surface area contributed by atoms with Crippen LogP contribution in [0.1, 0.15) is 21.5 Å². The lowest BCUT2D eigenvalue weighted by atomic mass is 10.1. The Bertz CT molecular complexity index is 1030. The quantitative estimate of drug-likeness (QED) is 0.590. The van der Waals surface area contributed by atoms with Crippen LogP contribution in [0.3, 0.4) is 0 Å². The first kappa shape index (κ1) is 19.8. The molecule has 0 unspecified atom stereocenters. The molecule has 0 aromatic heterocycles. The SMILES string of the molecule is O=C(O)/C(=C\c1ccc(OCc2cccc(F)c2)cc1)NC(=O)c1ccccc1. The fourth-order valence-corrected chi connectivity index (χ4v) is 2.56. The Hall–Kier alpha value is -3.93. The van der Waals surface area contributed by atoms with Crippen LogP contribution < -0.4 is 10.1 Å². The fourth-order valence-electron chi connectivity index (χ4n) is 2.56. The van der Waals surface area contributed by atoms with Crippen molar-refractivity contribution in [3.63, 3.8) is 0 Å². The summed E-state index contributed by atoms with van der Waals surface area (Å²) in [6.45, 7) is 0.209. The third-order valence-corrected chi connectivity index (χ3v) is 4.00. The van der Waals surface area contributed by atoms with Crippen molar-refractivity contribution in [1.29, 1.82) is 0 Å². The van der Waals surface area contributed by atoms with E-state index >= 15 is 0 Å². The summed E-state index contributed by atoms with van der Waals surface area (Å²) in [5.74, 6) is -1.53. The Morgan fingerprint density at radius 3 is 2.34 bits per heavy atom. The normalized spacial score (nSPS) is 11.0. The van der Waals surface area contributed by atoms with Crippen molar-refractivity contribution in [2.45, 2.75) is 6.61 Å². The van der Waals surface area contributed by atoms with Crippen molar-refractivity contribution in [2.24, 2.45) is 0 Å². The number of nitrogens with one attached hydrogen (secondary N) is 1. The van der Waals surface area contributed by atoms with Gasteiger partial charge >= 0.3 is 5.97 Å². The van der Waals surface area contributed by atoms with Crippen molar-refractivity contribution in [1.82, 2.24) is 5.32 Å². The third-order valence-electron chi connectivity index (χ3n) is 4.00. The van der Waals surface area contributed by atoms with Gasteiger partial charge in [0.15, 0.2) is 0 Å². The van der Waals surface area contributed by atoms with E-state index in [2.05, 4.69) is 5.32 Å². The van der Waals surface area contributed by atoms with Gasteiger partial charge in [0.05, 0.1) is 0 Å². The molecule has 3 aromatic carbocycles. The average molecular weight is 391 g/mol. The Kier molecular flexibility index (Phi) is 6.37. The summed E-state index contributed by atoms with van der Waals surface area (Å²) in [5.41, 5.74) is 1.40. The zero-order valence-electron chi connectivity index (χ0n) is 15.3. The van der Waals surface area contributed by atoms with E-state index in [0.29, 0.717) is 22.4 Å². The van der Waals surface area contributed by atoms with Crippen LogP contribution in [0.25, 0.3) is 6.08 Å². The highest BCUT2D eigenvalue weighted by Gasteiger charge is 2.13. The molecule has 0 saturated heterocycles. The lowest BCUT2D eigenvalue weighted by molar-refractivity contribution is -0.132. The molecule has 3 aromatic rings. The Labute approximate surface area is 167 Å². The minimum Gasteiger partial charge on any atom is -0.489 e. The van der Waals surface area contributed by atoms with Gasteiger partial charge in [-0.2, -0.15) is 0 Å². The molecule has 0 atom stereocenters. The van der Waals surface area contributed by atoms with Crippen LogP contribution in [0, 0.1) is 5.82 Å². The van der Waals surface area contributed by atoms with Crippen molar-refractivity contribution >= 4 is 18.0 Å². The number of ether oxygens (including phenoxy) is 1. The molecule has 0 aliphatic rings. The molecule has 2 N–H and O–H groups in total. The molecular formula is C23H18FNO4. The van der Waals surface area contributed by atoms with Gasteiger partial charge in [0, 0.05) is 5.56 Å². The van der Waals surface area contributed by atoms with Gasteiger partial charge in [-0.1, -0.05) is 42.5 Å². The lowest BCUT2D eigenvalue weighted by Crippen LogP contribution is -2.27. The molecule has 3 rings (SSSR count). The number of rotatable bonds is 7. The van der Waals surface area contributed by atoms with Crippen LogP contribution in [0.15, 0.2) is 84.6 Å². The first-order valence-electron chi connectivity index (χ1n) is 8.80.